The number of rotatable bonds is 6. The van der Waals surface area contributed by atoms with Crippen LogP contribution in [-0.2, 0) is 20.7 Å². The van der Waals surface area contributed by atoms with Gasteiger partial charge in [-0.25, -0.2) is 4.79 Å². The van der Waals surface area contributed by atoms with E-state index in [2.05, 4.69) is 0 Å². The van der Waals surface area contributed by atoms with Crippen molar-refractivity contribution in [3.63, 3.8) is 0 Å². The highest BCUT2D eigenvalue weighted by molar-refractivity contribution is 5.92. The van der Waals surface area contributed by atoms with Gasteiger partial charge in [0, 0.05) is 25.1 Å². The van der Waals surface area contributed by atoms with E-state index in [-0.39, 0.29) is 17.9 Å². The van der Waals surface area contributed by atoms with Crippen LogP contribution in [-0.4, -0.2) is 45.8 Å². The van der Waals surface area contributed by atoms with Crippen molar-refractivity contribution in [2.75, 3.05) is 7.05 Å². The highest BCUT2D eigenvalue weighted by Gasteiger charge is 2.41. The number of nitro benzene ring substituents is 2. The number of hydrogen-bond acceptors (Lipinski definition) is 7. The van der Waals surface area contributed by atoms with Gasteiger partial charge in [-0.1, -0.05) is 13.8 Å². The van der Waals surface area contributed by atoms with Crippen molar-refractivity contribution >= 4 is 23.3 Å². The number of benzene rings is 1. The summed E-state index contributed by atoms with van der Waals surface area (Å²) in [5, 5.41) is 22.0. The number of carbonyl (C=O) groups excluding carboxylic acids is 2. The van der Waals surface area contributed by atoms with Crippen LogP contribution >= 0.6 is 0 Å². The first-order chi connectivity index (χ1) is 12.1. The first-order valence-corrected chi connectivity index (χ1v) is 8.00. The summed E-state index contributed by atoms with van der Waals surface area (Å²) in [6.45, 7) is 3.83. The Morgan fingerprint density at radius 3 is 2.38 bits per heavy atom. The Labute approximate surface area is 149 Å². The SMILES string of the molecule is CC(C)CC1C(=O)OC(Cc2ccc([N+](=O)[O-])cc2[N+](=O)[O-])C(=O)N1C. The lowest BCUT2D eigenvalue weighted by molar-refractivity contribution is -0.394. The van der Waals surface area contributed by atoms with Crippen LogP contribution in [0.5, 0.6) is 0 Å². The summed E-state index contributed by atoms with van der Waals surface area (Å²) in [4.78, 5) is 46.5. The molecular weight excluding hydrogens is 346 g/mol. The lowest BCUT2D eigenvalue weighted by atomic mass is 9.98. The summed E-state index contributed by atoms with van der Waals surface area (Å²) >= 11 is 0. The second kappa shape index (κ2) is 7.46. The minimum absolute atomic E-state index is 0.0856. The lowest BCUT2D eigenvalue weighted by Gasteiger charge is -2.36. The highest BCUT2D eigenvalue weighted by atomic mass is 16.6. The maximum atomic E-state index is 12.5. The lowest BCUT2D eigenvalue weighted by Crippen LogP contribution is -2.55. The highest BCUT2D eigenvalue weighted by Crippen LogP contribution is 2.28. The maximum absolute atomic E-state index is 12.5. The summed E-state index contributed by atoms with van der Waals surface area (Å²) in [5.74, 6) is -0.839. The number of likely N-dealkylation sites (N-methyl/N-ethyl adjacent to an activating group) is 1. The normalized spacial score (nSPS) is 20.2. The number of nitrogens with zero attached hydrogens (tertiary/aromatic N) is 3. The molecule has 0 bridgehead atoms. The van der Waals surface area contributed by atoms with Gasteiger partial charge in [0.25, 0.3) is 17.3 Å². The molecule has 1 amide bonds. The van der Waals surface area contributed by atoms with Gasteiger partial charge in [0.2, 0.25) is 0 Å². The van der Waals surface area contributed by atoms with Crippen molar-refractivity contribution in [1.82, 2.24) is 4.90 Å². The third-order valence-electron chi connectivity index (χ3n) is 4.20. The molecule has 1 aliphatic rings. The molecule has 26 heavy (non-hydrogen) atoms. The first-order valence-electron chi connectivity index (χ1n) is 8.00. The fourth-order valence-electron chi connectivity index (χ4n) is 2.85. The number of nitro groups is 2. The van der Waals surface area contributed by atoms with Crippen LogP contribution in [0.4, 0.5) is 11.4 Å². The summed E-state index contributed by atoms with van der Waals surface area (Å²) < 4.78 is 5.21. The molecular formula is C16H19N3O7. The van der Waals surface area contributed by atoms with Crippen molar-refractivity contribution in [2.45, 2.75) is 38.8 Å². The molecule has 10 nitrogen and oxygen atoms in total. The van der Waals surface area contributed by atoms with Crippen molar-refractivity contribution in [3.05, 3.63) is 44.0 Å². The van der Waals surface area contributed by atoms with Crippen LogP contribution in [0.2, 0.25) is 0 Å². The van der Waals surface area contributed by atoms with E-state index in [0.29, 0.717) is 6.42 Å². The average Bonchev–Trinajstić information content (AvgIpc) is 2.56. The van der Waals surface area contributed by atoms with Crippen LogP contribution < -0.4 is 0 Å². The molecule has 1 heterocycles. The van der Waals surface area contributed by atoms with Crippen LogP contribution in [0.15, 0.2) is 18.2 Å². The molecule has 1 aromatic carbocycles. The number of amides is 1. The summed E-state index contributed by atoms with van der Waals surface area (Å²) in [6, 6.07) is 2.46. The molecule has 0 N–H and O–H groups in total. The Hall–Kier alpha value is -3.04. The van der Waals surface area contributed by atoms with Gasteiger partial charge in [0.05, 0.1) is 15.9 Å². The van der Waals surface area contributed by atoms with Crippen LogP contribution in [0.25, 0.3) is 0 Å². The molecule has 140 valence electrons. The van der Waals surface area contributed by atoms with Crippen molar-refractivity contribution in [2.24, 2.45) is 5.92 Å². The van der Waals surface area contributed by atoms with E-state index in [0.717, 1.165) is 12.1 Å². The molecule has 1 aromatic rings. The molecule has 2 rings (SSSR count). The number of esters is 1. The van der Waals surface area contributed by atoms with Crippen LogP contribution in [0.1, 0.15) is 25.8 Å². The fourth-order valence-corrected chi connectivity index (χ4v) is 2.85. The van der Waals surface area contributed by atoms with E-state index < -0.39 is 45.2 Å². The average molecular weight is 365 g/mol. The third kappa shape index (κ3) is 3.95. The van der Waals surface area contributed by atoms with Gasteiger partial charge >= 0.3 is 5.97 Å². The number of ether oxygens (including phenoxy) is 1. The molecule has 0 aliphatic carbocycles. The smallest absolute Gasteiger partial charge is 0.329 e. The van der Waals surface area contributed by atoms with Crippen molar-refractivity contribution < 1.29 is 24.2 Å². The number of hydrogen-bond donors (Lipinski definition) is 0. The molecule has 0 spiro atoms. The number of non-ortho nitro benzene ring substituents is 1. The second-order valence-electron chi connectivity index (χ2n) is 6.55. The van der Waals surface area contributed by atoms with E-state index in [4.69, 9.17) is 4.74 Å². The zero-order valence-electron chi connectivity index (χ0n) is 14.6. The van der Waals surface area contributed by atoms with Gasteiger partial charge in [-0.2, -0.15) is 0 Å². The second-order valence-corrected chi connectivity index (χ2v) is 6.55. The number of cyclic esters (lactones) is 1. The van der Waals surface area contributed by atoms with Gasteiger partial charge in [-0.05, 0) is 18.4 Å². The molecule has 0 saturated carbocycles. The predicted octanol–water partition coefficient (Wildman–Crippen LogP) is 1.84. The molecule has 0 aromatic heterocycles. The van der Waals surface area contributed by atoms with Gasteiger partial charge in [0.1, 0.15) is 6.04 Å². The molecule has 1 fully saturated rings. The zero-order chi connectivity index (χ0) is 19.6. The summed E-state index contributed by atoms with van der Waals surface area (Å²) in [7, 11) is 1.49. The number of carbonyl (C=O) groups is 2. The van der Waals surface area contributed by atoms with E-state index >= 15 is 0 Å². The van der Waals surface area contributed by atoms with E-state index in [1.165, 1.54) is 18.0 Å². The Bertz CT molecular complexity index is 762. The molecule has 0 radical (unpaired) electrons. The van der Waals surface area contributed by atoms with E-state index in [1.807, 2.05) is 13.8 Å². The zero-order valence-corrected chi connectivity index (χ0v) is 14.6. The molecule has 1 saturated heterocycles. The largest absolute Gasteiger partial charge is 0.450 e. The van der Waals surface area contributed by atoms with Gasteiger partial charge in [-0.15, -0.1) is 0 Å². The quantitative estimate of drug-likeness (QED) is 0.426. The third-order valence-corrected chi connectivity index (χ3v) is 4.20. The molecule has 1 aliphatic heterocycles. The van der Waals surface area contributed by atoms with Gasteiger partial charge in [0.15, 0.2) is 6.10 Å². The van der Waals surface area contributed by atoms with Crippen molar-refractivity contribution in [3.8, 4) is 0 Å². The minimum atomic E-state index is -1.20. The molecule has 2 atom stereocenters. The molecule has 10 heteroatoms. The summed E-state index contributed by atoms with van der Waals surface area (Å²) in [6.07, 6.45) is -0.973. The Balaban J connectivity index is 2.26. The maximum Gasteiger partial charge on any atom is 0.329 e. The van der Waals surface area contributed by atoms with Crippen LogP contribution in [0.3, 0.4) is 0 Å². The summed E-state index contributed by atoms with van der Waals surface area (Å²) in [5.41, 5.74) is -0.834. The monoisotopic (exact) mass is 365 g/mol. The van der Waals surface area contributed by atoms with Gasteiger partial charge < -0.3 is 9.64 Å². The van der Waals surface area contributed by atoms with Gasteiger partial charge in [-0.3, -0.25) is 25.0 Å². The Morgan fingerprint density at radius 2 is 1.85 bits per heavy atom. The van der Waals surface area contributed by atoms with Crippen LogP contribution in [0, 0.1) is 26.1 Å². The minimum Gasteiger partial charge on any atom is -0.450 e. The fraction of sp³-hybridized carbons (Fsp3) is 0.500. The van der Waals surface area contributed by atoms with Crippen molar-refractivity contribution in [1.29, 1.82) is 0 Å². The molecule has 2 unspecified atom stereocenters. The Kier molecular flexibility index (Phi) is 5.53. The van der Waals surface area contributed by atoms with E-state index in [9.17, 15) is 29.8 Å². The Morgan fingerprint density at radius 1 is 1.19 bits per heavy atom. The topological polar surface area (TPSA) is 133 Å². The van der Waals surface area contributed by atoms with E-state index in [1.54, 1.807) is 0 Å². The number of morpholine rings is 1. The first kappa shape index (κ1) is 19.3. The predicted molar refractivity (Wildman–Crippen MR) is 89.3 cm³/mol. The standard InChI is InChI=1S/C16H19N3O7/c1-9(2)6-13-16(21)26-14(15(20)17(13)3)7-10-4-5-11(18(22)23)8-12(10)19(24)25/h4-5,8-9,13-14H,6-7H2,1-3H3.